The van der Waals surface area contributed by atoms with Gasteiger partial charge in [-0.2, -0.15) is 5.10 Å². The smallest absolute Gasteiger partial charge is 0.155 e. The van der Waals surface area contributed by atoms with Crippen molar-refractivity contribution in [2.24, 2.45) is 0 Å². The largest absolute Gasteiger partial charge is 0.375 e. The van der Waals surface area contributed by atoms with E-state index in [4.69, 9.17) is 4.74 Å². The molecule has 1 aliphatic rings. The van der Waals surface area contributed by atoms with E-state index in [0.29, 0.717) is 17.5 Å². The van der Waals surface area contributed by atoms with Crippen LogP contribution in [0.2, 0.25) is 0 Å². The Bertz CT molecular complexity index is 990. The SMILES string of the molecule is Cc1cc2nccc(Nc3n[nH]c(C)c3C)c2cc1SC1C[C@@H](C)O[C@@H](C)C1. The Morgan fingerprint density at radius 1 is 1.14 bits per heavy atom. The van der Waals surface area contributed by atoms with Crippen LogP contribution in [0.3, 0.4) is 0 Å². The van der Waals surface area contributed by atoms with Crippen LogP contribution in [0.1, 0.15) is 43.5 Å². The first kappa shape index (κ1) is 19.3. The van der Waals surface area contributed by atoms with Crippen LogP contribution in [0.15, 0.2) is 29.3 Å². The van der Waals surface area contributed by atoms with Crippen molar-refractivity contribution in [1.29, 1.82) is 0 Å². The zero-order valence-electron chi connectivity index (χ0n) is 17.2. The highest BCUT2D eigenvalue weighted by molar-refractivity contribution is 8.00. The Labute approximate surface area is 170 Å². The number of ether oxygens (including phenoxy) is 1. The summed E-state index contributed by atoms with van der Waals surface area (Å²) >= 11 is 1.98. The van der Waals surface area contributed by atoms with Crippen LogP contribution in [-0.2, 0) is 4.74 Å². The lowest BCUT2D eigenvalue weighted by molar-refractivity contribution is -0.0265. The number of hydrogen-bond donors (Lipinski definition) is 2. The van der Waals surface area contributed by atoms with Crippen LogP contribution in [0.5, 0.6) is 0 Å². The van der Waals surface area contributed by atoms with E-state index in [2.05, 4.69) is 60.3 Å². The van der Waals surface area contributed by atoms with Crippen molar-refractivity contribution in [2.45, 2.75) is 69.8 Å². The Kier molecular flexibility index (Phi) is 5.34. The van der Waals surface area contributed by atoms with E-state index in [-0.39, 0.29) is 0 Å². The molecule has 1 fully saturated rings. The molecule has 1 aliphatic heterocycles. The fourth-order valence-electron chi connectivity index (χ4n) is 3.87. The third-order valence-corrected chi connectivity index (χ3v) is 6.90. The molecule has 1 aromatic carbocycles. The van der Waals surface area contributed by atoms with Gasteiger partial charge < -0.3 is 10.1 Å². The van der Waals surface area contributed by atoms with Crippen molar-refractivity contribution < 1.29 is 4.74 Å². The molecule has 28 heavy (non-hydrogen) atoms. The summed E-state index contributed by atoms with van der Waals surface area (Å²) in [7, 11) is 0. The maximum atomic E-state index is 5.91. The Morgan fingerprint density at radius 2 is 1.89 bits per heavy atom. The van der Waals surface area contributed by atoms with Crippen molar-refractivity contribution in [2.75, 3.05) is 5.32 Å². The van der Waals surface area contributed by atoms with Gasteiger partial charge in [0.1, 0.15) is 0 Å². The van der Waals surface area contributed by atoms with E-state index in [1.807, 2.05) is 30.9 Å². The van der Waals surface area contributed by atoms with Gasteiger partial charge in [-0.15, -0.1) is 11.8 Å². The fourth-order valence-corrected chi connectivity index (χ4v) is 5.39. The molecule has 0 aliphatic carbocycles. The number of nitrogens with one attached hydrogen (secondary N) is 2. The van der Waals surface area contributed by atoms with Crippen LogP contribution in [0.25, 0.3) is 10.9 Å². The quantitative estimate of drug-likeness (QED) is 0.594. The highest BCUT2D eigenvalue weighted by atomic mass is 32.2. The number of thioether (sulfide) groups is 1. The number of aryl methyl sites for hydroxylation is 2. The summed E-state index contributed by atoms with van der Waals surface area (Å²) < 4.78 is 5.91. The van der Waals surface area contributed by atoms with E-state index in [9.17, 15) is 0 Å². The van der Waals surface area contributed by atoms with E-state index in [0.717, 1.165) is 46.5 Å². The molecular weight excluding hydrogens is 368 g/mol. The molecule has 0 spiro atoms. The average molecular weight is 397 g/mol. The number of rotatable bonds is 4. The molecule has 3 heterocycles. The van der Waals surface area contributed by atoms with Crippen molar-refractivity contribution in [3.05, 3.63) is 41.2 Å². The fraction of sp³-hybridized carbons (Fsp3) is 0.455. The second kappa shape index (κ2) is 7.76. The molecule has 2 aromatic heterocycles. The van der Waals surface area contributed by atoms with Gasteiger partial charge in [0.15, 0.2) is 5.82 Å². The summed E-state index contributed by atoms with van der Waals surface area (Å²) in [6.45, 7) is 10.6. The van der Waals surface area contributed by atoms with Gasteiger partial charge in [-0.25, -0.2) is 0 Å². The lowest BCUT2D eigenvalue weighted by atomic mass is 10.1. The van der Waals surface area contributed by atoms with Gasteiger partial charge in [0.05, 0.1) is 23.4 Å². The Balaban J connectivity index is 1.67. The van der Waals surface area contributed by atoms with Gasteiger partial charge in [0, 0.05) is 33.0 Å². The minimum Gasteiger partial charge on any atom is -0.375 e. The average Bonchev–Trinajstić information content (AvgIpc) is 2.94. The third kappa shape index (κ3) is 3.89. The molecule has 5 nitrogen and oxygen atoms in total. The molecule has 0 bridgehead atoms. The zero-order chi connectivity index (χ0) is 19.8. The van der Waals surface area contributed by atoms with Crippen LogP contribution in [0, 0.1) is 20.8 Å². The van der Waals surface area contributed by atoms with Gasteiger partial charge in [0.2, 0.25) is 0 Å². The molecule has 3 aromatic rings. The molecule has 6 heteroatoms. The molecule has 3 atom stereocenters. The monoisotopic (exact) mass is 396 g/mol. The zero-order valence-corrected chi connectivity index (χ0v) is 18.0. The normalized spacial score (nSPS) is 22.5. The molecule has 0 saturated carbocycles. The molecule has 0 radical (unpaired) electrons. The van der Waals surface area contributed by atoms with Gasteiger partial charge in [-0.05, 0) is 71.2 Å². The van der Waals surface area contributed by atoms with Crippen molar-refractivity contribution in [3.63, 3.8) is 0 Å². The summed E-state index contributed by atoms with van der Waals surface area (Å²) in [5.41, 5.74) is 5.54. The summed E-state index contributed by atoms with van der Waals surface area (Å²) in [5, 5.41) is 12.6. The Morgan fingerprint density at radius 3 is 2.57 bits per heavy atom. The third-order valence-electron chi connectivity index (χ3n) is 5.49. The number of fused-ring (bicyclic) bond motifs is 1. The lowest BCUT2D eigenvalue weighted by Crippen LogP contribution is -2.30. The first-order chi connectivity index (χ1) is 13.4. The number of aromatic nitrogens is 3. The number of nitrogens with zero attached hydrogens (tertiary/aromatic N) is 2. The van der Waals surface area contributed by atoms with Crippen LogP contribution in [-0.4, -0.2) is 32.6 Å². The maximum absolute atomic E-state index is 5.91. The molecule has 148 valence electrons. The summed E-state index contributed by atoms with van der Waals surface area (Å²) in [5.74, 6) is 0.867. The van der Waals surface area contributed by atoms with E-state index >= 15 is 0 Å². The maximum Gasteiger partial charge on any atom is 0.155 e. The number of aromatic amines is 1. The minimum absolute atomic E-state index is 0.326. The Hall–Kier alpha value is -2.05. The van der Waals surface area contributed by atoms with Crippen LogP contribution >= 0.6 is 11.8 Å². The lowest BCUT2D eigenvalue weighted by Gasteiger charge is -2.32. The predicted octanol–water partition coefficient (Wildman–Crippen LogP) is 5.67. The highest BCUT2D eigenvalue weighted by Gasteiger charge is 2.25. The summed E-state index contributed by atoms with van der Waals surface area (Å²) in [6, 6.07) is 6.50. The van der Waals surface area contributed by atoms with E-state index < -0.39 is 0 Å². The number of pyridine rings is 1. The molecule has 1 saturated heterocycles. The van der Waals surface area contributed by atoms with E-state index in [1.54, 1.807) is 0 Å². The first-order valence-electron chi connectivity index (χ1n) is 9.90. The standard InChI is InChI=1S/C22H28N4OS/c1-12-8-20-18(11-21(12)28-17-9-13(2)27-14(3)10-17)19(6-7-23-20)24-22-15(4)16(5)25-26-22/h6-8,11,13-14,17H,9-10H2,1-5H3,(H2,23,24,25,26)/t13-,14+,17?. The van der Waals surface area contributed by atoms with Crippen LogP contribution < -0.4 is 5.32 Å². The van der Waals surface area contributed by atoms with Crippen molar-refractivity contribution >= 4 is 34.2 Å². The summed E-state index contributed by atoms with van der Waals surface area (Å²) in [4.78, 5) is 5.91. The molecule has 2 N–H and O–H groups in total. The number of H-pyrrole nitrogens is 1. The molecule has 1 unspecified atom stereocenters. The highest BCUT2D eigenvalue weighted by Crippen LogP contribution is 2.38. The van der Waals surface area contributed by atoms with Gasteiger partial charge in [-0.3, -0.25) is 10.1 Å². The van der Waals surface area contributed by atoms with Gasteiger partial charge in [0.25, 0.3) is 0 Å². The molecular formula is C22H28N4OS. The number of benzene rings is 1. The van der Waals surface area contributed by atoms with Crippen LogP contribution in [0.4, 0.5) is 11.5 Å². The predicted molar refractivity (Wildman–Crippen MR) is 117 cm³/mol. The second-order valence-electron chi connectivity index (χ2n) is 7.91. The summed E-state index contributed by atoms with van der Waals surface area (Å²) in [6.07, 6.45) is 4.69. The topological polar surface area (TPSA) is 62.8 Å². The first-order valence-corrected chi connectivity index (χ1v) is 10.8. The van der Waals surface area contributed by atoms with Crippen molar-refractivity contribution in [1.82, 2.24) is 15.2 Å². The second-order valence-corrected chi connectivity index (χ2v) is 9.25. The van der Waals surface area contributed by atoms with Gasteiger partial charge >= 0.3 is 0 Å². The van der Waals surface area contributed by atoms with Crippen molar-refractivity contribution in [3.8, 4) is 0 Å². The number of anilines is 2. The van der Waals surface area contributed by atoms with Gasteiger partial charge in [-0.1, -0.05) is 0 Å². The number of hydrogen-bond acceptors (Lipinski definition) is 5. The molecule has 0 amide bonds. The van der Waals surface area contributed by atoms with E-state index in [1.165, 1.54) is 10.5 Å². The molecule has 4 rings (SSSR count). The minimum atomic E-state index is 0.326.